The Morgan fingerprint density at radius 2 is 2.05 bits per heavy atom. The highest BCUT2D eigenvalue weighted by Crippen LogP contribution is 2.22. The van der Waals surface area contributed by atoms with Crippen LogP contribution >= 0.6 is 23.8 Å². The molecule has 0 spiro atoms. The van der Waals surface area contributed by atoms with Gasteiger partial charge in [-0.3, -0.25) is 0 Å². The van der Waals surface area contributed by atoms with Crippen LogP contribution in [0.15, 0.2) is 6.07 Å². The van der Waals surface area contributed by atoms with Crippen LogP contribution in [0.4, 0.5) is 11.8 Å². The standard InChI is InChI=1S/C12H16ClN5S/c13-9-7-10(18-5-1-2-6-18)16-11(15-9)17-12(19)14-8-3-4-8/h7-8H,1-6H2,(H2,14,15,16,17,19). The van der Waals surface area contributed by atoms with Crippen molar-refractivity contribution >= 4 is 40.7 Å². The van der Waals surface area contributed by atoms with Gasteiger partial charge in [0.05, 0.1) is 0 Å². The Hall–Kier alpha value is -1.14. The van der Waals surface area contributed by atoms with Gasteiger partial charge in [-0.25, -0.2) is 4.98 Å². The summed E-state index contributed by atoms with van der Waals surface area (Å²) < 4.78 is 0. The van der Waals surface area contributed by atoms with Gasteiger partial charge in [-0.15, -0.1) is 0 Å². The second-order valence-electron chi connectivity index (χ2n) is 4.94. The van der Waals surface area contributed by atoms with Gasteiger partial charge in [0.15, 0.2) is 5.11 Å². The number of aromatic nitrogens is 2. The van der Waals surface area contributed by atoms with Gasteiger partial charge in [0.2, 0.25) is 5.95 Å². The lowest BCUT2D eigenvalue weighted by Gasteiger charge is -2.17. The van der Waals surface area contributed by atoms with E-state index in [1.165, 1.54) is 25.7 Å². The van der Waals surface area contributed by atoms with Crippen molar-refractivity contribution in [2.75, 3.05) is 23.3 Å². The summed E-state index contributed by atoms with van der Waals surface area (Å²) >= 11 is 11.3. The van der Waals surface area contributed by atoms with Gasteiger partial charge < -0.3 is 15.5 Å². The van der Waals surface area contributed by atoms with Crippen LogP contribution in [-0.2, 0) is 0 Å². The molecular weight excluding hydrogens is 282 g/mol. The summed E-state index contributed by atoms with van der Waals surface area (Å²) in [6, 6.07) is 2.31. The first-order valence-corrected chi connectivity index (χ1v) is 7.36. The molecule has 1 saturated heterocycles. The topological polar surface area (TPSA) is 53.1 Å². The Morgan fingerprint density at radius 3 is 2.74 bits per heavy atom. The molecule has 0 radical (unpaired) electrons. The minimum atomic E-state index is 0.439. The molecule has 2 fully saturated rings. The van der Waals surface area contributed by atoms with Gasteiger partial charge >= 0.3 is 0 Å². The molecule has 7 heteroatoms. The lowest BCUT2D eigenvalue weighted by atomic mass is 10.4. The van der Waals surface area contributed by atoms with E-state index in [1.54, 1.807) is 6.07 Å². The van der Waals surface area contributed by atoms with Crippen LogP contribution in [0.2, 0.25) is 5.15 Å². The maximum Gasteiger partial charge on any atom is 0.232 e. The second kappa shape index (κ2) is 5.46. The van der Waals surface area contributed by atoms with Gasteiger partial charge in [-0.2, -0.15) is 4.98 Å². The van der Waals surface area contributed by atoms with E-state index in [4.69, 9.17) is 23.8 Å². The Kier molecular flexibility index (Phi) is 3.70. The molecule has 1 aliphatic heterocycles. The third-order valence-corrected chi connectivity index (χ3v) is 3.66. The van der Waals surface area contributed by atoms with Crippen LogP contribution < -0.4 is 15.5 Å². The van der Waals surface area contributed by atoms with Gasteiger partial charge in [-0.05, 0) is 37.9 Å². The summed E-state index contributed by atoms with van der Waals surface area (Å²) in [6.07, 6.45) is 4.76. The molecule has 0 amide bonds. The van der Waals surface area contributed by atoms with Crippen LogP contribution in [0.25, 0.3) is 0 Å². The highest BCUT2D eigenvalue weighted by atomic mass is 35.5. The molecule has 2 N–H and O–H groups in total. The Morgan fingerprint density at radius 1 is 1.32 bits per heavy atom. The minimum absolute atomic E-state index is 0.439. The van der Waals surface area contributed by atoms with E-state index < -0.39 is 0 Å². The molecule has 5 nitrogen and oxygen atoms in total. The summed E-state index contributed by atoms with van der Waals surface area (Å²) in [4.78, 5) is 10.9. The predicted octanol–water partition coefficient (Wildman–Crippen LogP) is 2.18. The van der Waals surface area contributed by atoms with E-state index in [1.807, 2.05) is 0 Å². The molecule has 0 aromatic carbocycles. The van der Waals surface area contributed by atoms with Crippen LogP contribution in [0.1, 0.15) is 25.7 Å². The highest BCUT2D eigenvalue weighted by Gasteiger charge is 2.22. The largest absolute Gasteiger partial charge is 0.360 e. The van der Waals surface area contributed by atoms with Crippen molar-refractivity contribution in [1.82, 2.24) is 15.3 Å². The first-order valence-electron chi connectivity index (χ1n) is 6.58. The zero-order valence-corrected chi connectivity index (χ0v) is 12.1. The van der Waals surface area contributed by atoms with Crippen molar-refractivity contribution < 1.29 is 0 Å². The summed E-state index contributed by atoms with van der Waals surface area (Å²) in [5.74, 6) is 1.33. The smallest absolute Gasteiger partial charge is 0.232 e. The van der Waals surface area contributed by atoms with Crippen LogP contribution in [0.5, 0.6) is 0 Å². The lowest BCUT2D eigenvalue weighted by molar-refractivity contribution is 0.911. The molecule has 3 rings (SSSR count). The van der Waals surface area contributed by atoms with E-state index in [2.05, 4.69) is 25.5 Å². The average Bonchev–Trinajstić information content (AvgIpc) is 2.99. The zero-order valence-electron chi connectivity index (χ0n) is 10.5. The number of hydrogen-bond donors (Lipinski definition) is 2. The van der Waals surface area contributed by atoms with E-state index in [-0.39, 0.29) is 0 Å². The van der Waals surface area contributed by atoms with Gasteiger partial charge in [-0.1, -0.05) is 11.6 Å². The van der Waals surface area contributed by atoms with Gasteiger partial charge in [0.1, 0.15) is 11.0 Å². The molecule has 1 aromatic heterocycles. The third kappa shape index (κ3) is 3.45. The molecule has 1 aliphatic carbocycles. The highest BCUT2D eigenvalue weighted by molar-refractivity contribution is 7.80. The van der Waals surface area contributed by atoms with E-state index in [0.717, 1.165) is 18.9 Å². The van der Waals surface area contributed by atoms with Gasteiger partial charge in [0.25, 0.3) is 0 Å². The summed E-state index contributed by atoms with van der Waals surface area (Å²) in [7, 11) is 0. The summed E-state index contributed by atoms with van der Waals surface area (Å²) in [6.45, 7) is 2.05. The molecule has 0 atom stereocenters. The lowest BCUT2D eigenvalue weighted by Crippen LogP contribution is -2.31. The number of nitrogens with one attached hydrogen (secondary N) is 2. The molecule has 0 unspecified atom stereocenters. The van der Waals surface area contributed by atoms with Crippen molar-refractivity contribution in [3.63, 3.8) is 0 Å². The maximum atomic E-state index is 6.05. The predicted molar refractivity (Wildman–Crippen MR) is 80.9 cm³/mol. The van der Waals surface area contributed by atoms with Crippen molar-refractivity contribution in [2.24, 2.45) is 0 Å². The Bertz CT molecular complexity index is 485. The van der Waals surface area contributed by atoms with Gasteiger partial charge in [0, 0.05) is 25.2 Å². The fourth-order valence-corrected chi connectivity index (χ4v) is 2.56. The number of hydrogen-bond acceptors (Lipinski definition) is 4. The third-order valence-electron chi connectivity index (χ3n) is 3.25. The Balaban J connectivity index is 1.70. The first-order chi connectivity index (χ1) is 9.20. The van der Waals surface area contributed by atoms with Crippen molar-refractivity contribution in [1.29, 1.82) is 0 Å². The molecule has 1 saturated carbocycles. The molecule has 1 aromatic rings. The summed E-state index contributed by atoms with van der Waals surface area (Å²) in [5.41, 5.74) is 0. The molecule has 19 heavy (non-hydrogen) atoms. The number of halogens is 1. The van der Waals surface area contributed by atoms with E-state index in [9.17, 15) is 0 Å². The Labute approximate surface area is 122 Å². The zero-order chi connectivity index (χ0) is 13.2. The first kappa shape index (κ1) is 12.9. The molecule has 2 aliphatic rings. The maximum absolute atomic E-state index is 6.05. The van der Waals surface area contributed by atoms with Crippen molar-refractivity contribution in [3.05, 3.63) is 11.2 Å². The van der Waals surface area contributed by atoms with Crippen LogP contribution in [0, 0.1) is 0 Å². The SMILES string of the molecule is S=C(Nc1nc(Cl)cc(N2CCCC2)n1)NC1CC1. The fourth-order valence-electron chi connectivity index (χ4n) is 2.12. The fraction of sp³-hybridized carbons (Fsp3) is 0.583. The number of rotatable bonds is 3. The molecular formula is C12H16ClN5S. The molecule has 102 valence electrons. The van der Waals surface area contributed by atoms with E-state index >= 15 is 0 Å². The minimum Gasteiger partial charge on any atom is -0.360 e. The monoisotopic (exact) mass is 297 g/mol. The van der Waals surface area contributed by atoms with E-state index in [0.29, 0.717) is 22.3 Å². The molecule has 2 heterocycles. The molecule has 0 bridgehead atoms. The second-order valence-corrected chi connectivity index (χ2v) is 5.73. The summed E-state index contributed by atoms with van der Waals surface area (Å²) in [5, 5.41) is 7.20. The number of anilines is 2. The number of thiocarbonyl (C=S) groups is 1. The normalized spacial score (nSPS) is 18.5. The van der Waals surface area contributed by atoms with Crippen molar-refractivity contribution in [3.8, 4) is 0 Å². The quantitative estimate of drug-likeness (QED) is 0.659. The van der Waals surface area contributed by atoms with Crippen LogP contribution in [0.3, 0.4) is 0 Å². The average molecular weight is 298 g/mol. The van der Waals surface area contributed by atoms with Crippen molar-refractivity contribution in [2.45, 2.75) is 31.7 Å². The number of nitrogens with zero attached hydrogens (tertiary/aromatic N) is 3. The van der Waals surface area contributed by atoms with Crippen LogP contribution in [-0.4, -0.2) is 34.2 Å².